The molecule has 2 aromatic carbocycles. The Kier molecular flexibility index (Phi) is 13.2. The molecule has 0 unspecified atom stereocenters. The molecule has 0 aliphatic carbocycles. The molecular formula is C46H48Cl2N12O4S2. The molecule has 2 fully saturated rings. The number of piperazine rings is 1. The number of carbonyl (C=O) groups is 3. The first-order chi connectivity index (χ1) is 31.8. The number of benzene rings is 2. The highest BCUT2D eigenvalue weighted by Gasteiger charge is 2.39. The van der Waals surface area contributed by atoms with Crippen molar-refractivity contribution in [1.29, 1.82) is 0 Å². The quantitative estimate of drug-likeness (QED) is 0.113. The normalized spacial score (nSPS) is 17.2. The highest BCUT2D eigenvalue weighted by atomic mass is 35.5. The molecule has 0 bridgehead atoms. The lowest BCUT2D eigenvalue weighted by Gasteiger charge is -2.35. The molecule has 7 heterocycles. The van der Waals surface area contributed by atoms with Gasteiger partial charge in [-0.1, -0.05) is 58.8 Å². The molecule has 2 N–H and O–H groups in total. The second-order valence-corrected chi connectivity index (χ2v) is 19.6. The van der Waals surface area contributed by atoms with Crippen LogP contribution in [0.5, 0.6) is 0 Å². The molecule has 9 rings (SSSR count). The number of aryl methyl sites for hydroxylation is 4. The molecule has 66 heavy (non-hydrogen) atoms. The third-order valence-electron chi connectivity index (χ3n) is 12.2. The third kappa shape index (κ3) is 9.42. The number of anilines is 4. The Labute approximate surface area is 400 Å². The summed E-state index contributed by atoms with van der Waals surface area (Å²) in [7, 11) is 0. The zero-order valence-corrected chi connectivity index (χ0v) is 40.2. The maximum atomic E-state index is 14.2. The maximum Gasteiger partial charge on any atom is 0.328 e. The number of nitrogens with one attached hydrogen (secondary N) is 2. The standard InChI is InChI=1S/C46H48Cl2N12O4S2/c1-25-8-6-9-32(48)40(25)54-43(62)35-24-49-46(66-35)53-36-23-37(51-28(4)50-36)58-18-16-57(17-19-58)20-21-64-45(63)34-10-7-15-59(34)38(61)22-33-42-56-55-29(5)60(42)44-39(26(2)27(3)65-44)41(52-33)30-11-13-31(47)14-12-30/h6,8-9,11-14,23-24,33-34H,7,10,15-22H2,1-5H3,(H,54,62)(H,49,50,51,53)/t33-,34-/m0/s1. The van der Waals surface area contributed by atoms with Gasteiger partial charge in [0.2, 0.25) is 5.91 Å². The summed E-state index contributed by atoms with van der Waals surface area (Å²) >= 11 is 15.5. The van der Waals surface area contributed by atoms with E-state index in [0.717, 1.165) is 56.8 Å². The topological polar surface area (TPSA) is 176 Å². The molecule has 6 aromatic rings. The van der Waals surface area contributed by atoms with Crippen molar-refractivity contribution in [2.45, 2.75) is 66.0 Å². The SMILES string of the molecule is Cc1nc(Nc2ncc(C(=O)Nc3c(C)cccc3Cl)s2)cc(N2CCN(CCOC(=O)[C@@H]3CCCN3C(=O)C[C@@H]3N=C(c4ccc(Cl)cc4)c4c(sc(C)c4C)-n4c(C)nnc43)CC2)n1. The van der Waals surface area contributed by atoms with E-state index in [1.165, 1.54) is 17.5 Å². The Hall–Kier alpha value is -5.79. The summed E-state index contributed by atoms with van der Waals surface area (Å²) < 4.78 is 7.88. The number of halogens is 2. The Morgan fingerprint density at radius 3 is 2.48 bits per heavy atom. The van der Waals surface area contributed by atoms with Crippen molar-refractivity contribution >= 4 is 91.8 Å². The number of thiazole rings is 1. The van der Waals surface area contributed by atoms with Crippen LogP contribution >= 0.6 is 45.9 Å². The van der Waals surface area contributed by atoms with Gasteiger partial charge in [0.15, 0.2) is 11.0 Å². The van der Waals surface area contributed by atoms with Crippen LogP contribution in [0.3, 0.4) is 0 Å². The predicted octanol–water partition coefficient (Wildman–Crippen LogP) is 8.06. The summed E-state index contributed by atoms with van der Waals surface area (Å²) in [5.74, 6) is 2.38. The van der Waals surface area contributed by atoms with Crippen LogP contribution in [0.15, 0.2) is 59.7 Å². The first-order valence-corrected chi connectivity index (χ1v) is 24.1. The number of aromatic nitrogens is 6. The molecule has 342 valence electrons. The number of rotatable bonds is 12. The first kappa shape index (κ1) is 45.4. The largest absolute Gasteiger partial charge is 0.463 e. The van der Waals surface area contributed by atoms with Crippen molar-refractivity contribution in [2.24, 2.45) is 4.99 Å². The van der Waals surface area contributed by atoms with Gasteiger partial charge in [-0.05, 0) is 76.8 Å². The smallest absolute Gasteiger partial charge is 0.328 e. The number of nitrogens with zero attached hydrogens (tertiary/aromatic N) is 10. The van der Waals surface area contributed by atoms with Crippen LogP contribution in [-0.4, -0.2) is 115 Å². The first-order valence-electron chi connectivity index (χ1n) is 21.8. The molecule has 20 heteroatoms. The van der Waals surface area contributed by atoms with Crippen molar-refractivity contribution in [2.75, 3.05) is 61.4 Å². The lowest BCUT2D eigenvalue weighted by molar-refractivity contribution is -0.153. The number of thiophene rings is 1. The maximum absolute atomic E-state index is 14.2. The van der Waals surface area contributed by atoms with Crippen molar-refractivity contribution in [3.05, 3.63) is 114 Å². The number of amides is 2. The molecule has 0 radical (unpaired) electrons. The van der Waals surface area contributed by atoms with Crippen LogP contribution in [0.1, 0.15) is 79.6 Å². The Bertz CT molecular complexity index is 2830. The molecular weight excluding hydrogens is 920 g/mol. The average molecular weight is 968 g/mol. The van der Waals surface area contributed by atoms with Crippen LogP contribution < -0.4 is 15.5 Å². The van der Waals surface area contributed by atoms with Crippen molar-refractivity contribution < 1.29 is 19.1 Å². The average Bonchev–Trinajstić information content (AvgIpc) is 4.10. The van der Waals surface area contributed by atoms with Crippen LogP contribution in [0.4, 0.5) is 22.5 Å². The zero-order valence-electron chi connectivity index (χ0n) is 37.1. The molecule has 0 saturated carbocycles. The third-order valence-corrected chi connectivity index (χ3v) is 14.8. The number of carbonyl (C=O) groups excluding carboxylic acids is 3. The second-order valence-electron chi connectivity index (χ2n) is 16.5. The number of para-hydroxylation sites is 1. The summed E-state index contributed by atoms with van der Waals surface area (Å²) in [4.78, 5) is 67.4. The molecule has 3 aliphatic heterocycles. The Balaban J connectivity index is 0.786. The van der Waals surface area contributed by atoms with E-state index in [1.54, 1.807) is 22.3 Å². The second kappa shape index (κ2) is 19.2. The number of esters is 1. The van der Waals surface area contributed by atoms with Crippen molar-refractivity contribution in [3.8, 4) is 5.00 Å². The van der Waals surface area contributed by atoms with Gasteiger partial charge in [0.25, 0.3) is 5.91 Å². The number of ether oxygens (including phenoxy) is 1. The fraction of sp³-hybridized carbons (Fsp3) is 0.370. The summed E-state index contributed by atoms with van der Waals surface area (Å²) in [5, 5.41) is 17.7. The summed E-state index contributed by atoms with van der Waals surface area (Å²) in [6.45, 7) is 13.9. The number of fused-ring (bicyclic) bond motifs is 3. The van der Waals surface area contributed by atoms with Crippen molar-refractivity contribution in [1.82, 2.24) is 39.5 Å². The number of likely N-dealkylation sites (tertiary alicyclic amines) is 1. The van der Waals surface area contributed by atoms with Gasteiger partial charge < -0.3 is 25.2 Å². The summed E-state index contributed by atoms with van der Waals surface area (Å²) in [5.41, 5.74) is 5.20. The van der Waals surface area contributed by atoms with E-state index < -0.39 is 18.1 Å². The minimum absolute atomic E-state index is 0.0231. The Morgan fingerprint density at radius 2 is 1.71 bits per heavy atom. The fourth-order valence-corrected chi connectivity index (χ4v) is 10.9. The molecule has 2 atom stereocenters. The van der Waals surface area contributed by atoms with E-state index in [4.69, 9.17) is 37.9 Å². The van der Waals surface area contributed by atoms with Crippen LogP contribution in [0.25, 0.3) is 5.00 Å². The highest BCUT2D eigenvalue weighted by Crippen LogP contribution is 2.40. The number of aliphatic imine (C=N–C) groups is 1. The molecule has 0 spiro atoms. The highest BCUT2D eigenvalue weighted by molar-refractivity contribution is 7.17. The van der Waals surface area contributed by atoms with Crippen LogP contribution in [-0.2, 0) is 14.3 Å². The zero-order chi connectivity index (χ0) is 46.2. The predicted molar refractivity (Wildman–Crippen MR) is 259 cm³/mol. The van der Waals surface area contributed by atoms with Crippen molar-refractivity contribution in [3.63, 3.8) is 0 Å². The van der Waals surface area contributed by atoms with Gasteiger partial charge >= 0.3 is 5.97 Å². The van der Waals surface area contributed by atoms with Gasteiger partial charge in [-0.3, -0.25) is 24.0 Å². The van der Waals surface area contributed by atoms with Crippen LogP contribution in [0.2, 0.25) is 10.0 Å². The van der Waals surface area contributed by atoms with Gasteiger partial charge in [0.05, 0.1) is 29.0 Å². The summed E-state index contributed by atoms with van der Waals surface area (Å²) in [6, 6.07) is 13.6. The molecule has 2 saturated heterocycles. The number of hydrogen-bond donors (Lipinski definition) is 2. The molecule has 3 aliphatic rings. The minimum atomic E-state index is -0.666. The Morgan fingerprint density at radius 1 is 0.924 bits per heavy atom. The molecule has 4 aromatic heterocycles. The van der Waals surface area contributed by atoms with Gasteiger partial charge in [-0.2, -0.15) is 0 Å². The minimum Gasteiger partial charge on any atom is -0.463 e. The van der Waals surface area contributed by atoms with E-state index in [1.807, 2.05) is 67.8 Å². The van der Waals surface area contributed by atoms with Gasteiger partial charge in [0, 0.05) is 66.4 Å². The van der Waals surface area contributed by atoms with E-state index in [-0.39, 0.29) is 24.8 Å². The number of hydrogen-bond acceptors (Lipinski definition) is 15. The lowest BCUT2D eigenvalue weighted by Crippen LogP contribution is -2.48. The fourth-order valence-electron chi connectivity index (χ4n) is 8.59. The monoisotopic (exact) mass is 966 g/mol. The molecule has 2 amide bonds. The van der Waals surface area contributed by atoms with E-state index in [0.29, 0.717) is 88.1 Å². The van der Waals surface area contributed by atoms with Crippen LogP contribution in [0, 0.1) is 34.6 Å². The van der Waals surface area contributed by atoms with Gasteiger partial charge in [-0.15, -0.1) is 21.5 Å². The van der Waals surface area contributed by atoms with Gasteiger partial charge in [0.1, 0.15) is 51.9 Å². The van der Waals surface area contributed by atoms with Gasteiger partial charge in [-0.25, -0.2) is 19.7 Å². The van der Waals surface area contributed by atoms with E-state index >= 15 is 0 Å². The van der Waals surface area contributed by atoms with E-state index in [9.17, 15) is 14.4 Å². The molecule has 16 nitrogen and oxygen atoms in total. The summed E-state index contributed by atoms with van der Waals surface area (Å²) in [6.07, 6.45) is 2.78. The lowest BCUT2D eigenvalue weighted by atomic mass is 9.99. The van der Waals surface area contributed by atoms with E-state index in [2.05, 4.69) is 54.4 Å².